The number of hydrogen-bond acceptors (Lipinski definition) is 5. The smallest absolute Gasteiger partial charge is 0.160 e. The molecule has 220 valence electrons. The van der Waals surface area contributed by atoms with Crippen LogP contribution in [0.1, 0.15) is 22.9 Å². The first kappa shape index (κ1) is 25.9. The molecule has 5 heteroatoms. The zero-order chi connectivity index (χ0) is 30.9. The second kappa shape index (κ2) is 10.1. The molecule has 0 fully saturated rings. The number of aliphatic imine (C=N–C) groups is 2. The van der Waals surface area contributed by atoms with E-state index < -0.39 is 0 Å². The molecule has 1 atom stereocenters. The van der Waals surface area contributed by atoms with E-state index in [1.165, 1.54) is 37.7 Å². The molecule has 1 unspecified atom stereocenters. The summed E-state index contributed by atoms with van der Waals surface area (Å²) < 4.78 is 6.21. The second-order valence-electron chi connectivity index (χ2n) is 12.1. The van der Waals surface area contributed by atoms with Crippen LogP contribution < -0.4 is 5.32 Å². The number of aromatic nitrogens is 1. The molecule has 0 aliphatic carbocycles. The van der Waals surface area contributed by atoms with Crippen molar-refractivity contribution in [1.29, 1.82) is 0 Å². The van der Waals surface area contributed by atoms with Crippen LogP contribution in [0.15, 0.2) is 160 Å². The molecular weight excluding hydrogens is 576 g/mol. The number of hydrogen-bond donors (Lipinski definition) is 1. The van der Waals surface area contributed by atoms with Crippen molar-refractivity contribution in [2.24, 2.45) is 9.98 Å². The van der Waals surface area contributed by atoms with E-state index in [-0.39, 0.29) is 6.17 Å². The summed E-state index contributed by atoms with van der Waals surface area (Å²) in [7, 11) is 0. The van der Waals surface area contributed by atoms with Crippen LogP contribution in [-0.4, -0.2) is 16.7 Å². The molecule has 5 nitrogen and oxygen atoms in total. The van der Waals surface area contributed by atoms with Gasteiger partial charge < -0.3 is 9.73 Å². The molecule has 0 bridgehead atoms. The Hall–Kier alpha value is -6.33. The standard InChI is InChI=1S/C42H26N4O/c1-2-8-28-22-30(17-12-25(28)6-1)40-44-41(46-42(45-40)34-10-5-11-37-39(34)35-24-43-21-20-36(35)47-37)31-18-19-33-29(23-31)16-15-27-14-13-26-7-3-4-9-32(26)38(27)33/h1-24,41H,(H,44,45,46). The highest BCUT2D eigenvalue weighted by molar-refractivity contribution is 6.22. The first-order valence-electron chi connectivity index (χ1n) is 15.8. The van der Waals surface area contributed by atoms with Crippen LogP contribution in [-0.2, 0) is 0 Å². The first-order chi connectivity index (χ1) is 23.3. The molecule has 1 N–H and O–H groups in total. The fraction of sp³-hybridized carbons (Fsp3) is 0.0238. The van der Waals surface area contributed by atoms with Gasteiger partial charge >= 0.3 is 0 Å². The maximum Gasteiger partial charge on any atom is 0.160 e. The van der Waals surface area contributed by atoms with Crippen molar-refractivity contribution in [2.45, 2.75) is 6.17 Å². The molecule has 0 saturated heterocycles. The van der Waals surface area contributed by atoms with Gasteiger partial charge in [0.05, 0.1) is 0 Å². The number of pyridine rings is 1. The minimum atomic E-state index is -0.358. The molecule has 0 spiro atoms. The number of amidine groups is 2. The lowest BCUT2D eigenvalue weighted by atomic mass is 9.95. The summed E-state index contributed by atoms with van der Waals surface area (Å²) in [5, 5.41) is 15.4. The third kappa shape index (κ3) is 4.14. The Morgan fingerprint density at radius 3 is 2.28 bits per heavy atom. The number of nitrogens with one attached hydrogen (secondary N) is 1. The van der Waals surface area contributed by atoms with Crippen molar-refractivity contribution < 1.29 is 4.42 Å². The summed E-state index contributed by atoms with van der Waals surface area (Å²) in [5.74, 6) is 1.43. The molecule has 0 amide bonds. The highest BCUT2D eigenvalue weighted by atomic mass is 16.3. The lowest BCUT2D eigenvalue weighted by molar-refractivity contribution is 0.668. The third-order valence-corrected chi connectivity index (χ3v) is 9.37. The SMILES string of the molecule is c1ccc2cc(C3=NC(c4cccc5oc6ccncc6c45)=NC(c4ccc5c(ccc6ccc7ccccc7c65)c4)N3)ccc2c1. The van der Waals surface area contributed by atoms with Gasteiger partial charge in [-0.2, -0.15) is 0 Å². The Balaban J connectivity index is 1.17. The zero-order valence-electron chi connectivity index (χ0n) is 25.2. The Bertz CT molecular complexity index is 2790. The number of nitrogens with zero attached hydrogens (tertiary/aromatic N) is 3. The second-order valence-corrected chi connectivity index (χ2v) is 12.1. The van der Waals surface area contributed by atoms with Crippen molar-refractivity contribution in [1.82, 2.24) is 10.3 Å². The van der Waals surface area contributed by atoms with E-state index in [1.807, 2.05) is 24.4 Å². The van der Waals surface area contributed by atoms with Crippen LogP contribution in [0.2, 0.25) is 0 Å². The molecule has 3 heterocycles. The Labute approximate surface area is 269 Å². The molecule has 1 aliphatic rings. The van der Waals surface area contributed by atoms with E-state index in [1.54, 1.807) is 6.20 Å². The maximum absolute atomic E-state index is 6.21. The van der Waals surface area contributed by atoms with Gasteiger partial charge in [-0.05, 0) is 72.9 Å². The van der Waals surface area contributed by atoms with E-state index in [0.717, 1.165) is 49.9 Å². The van der Waals surface area contributed by atoms with E-state index >= 15 is 0 Å². The zero-order valence-corrected chi connectivity index (χ0v) is 25.2. The Kier molecular flexibility index (Phi) is 5.57. The molecule has 7 aromatic carbocycles. The topological polar surface area (TPSA) is 62.8 Å². The van der Waals surface area contributed by atoms with Crippen molar-refractivity contribution >= 4 is 76.7 Å². The van der Waals surface area contributed by atoms with Crippen LogP contribution >= 0.6 is 0 Å². The van der Waals surface area contributed by atoms with Gasteiger partial charge in [0, 0.05) is 34.3 Å². The fourth-order valence-electron chi connectivity index (χ4n) is 7.10. The number of fused-ring (bicyclic) bond motifs is 9. The Morgan fingerprint density at radius 2 is 1.34 bits per heavy atom. The molecular formula is C42H26N4O. The van der Waals surface area contributed by atoms with Crippen molar-refractivity contribution in [3.8, 4) is 0 Å². The summed E-state index contributed by atoms with van der Waals surface area (Å²) in [4.78, 5) is 14.8. The molecule has 2 aromatic heterocycles. The summed E-state index contributed by atoms with van der Waals surface area (Å²) in [6.07, 6.45) is 3.25. The van der Waals surface area contributed by atoms with Gasteiger partial charge in [0.2, 0.25) is 0 Å². The van der Waals surface area contributed by atoms with E-state index in [0.29, 0.717) is 5.84 Å². The van der Waals surface area contributed by atoms with Gasteiger partial charge in [0.25, 0.3) is 0 Å². The van der Waals surface area contributed by atoms with Crippen LogP contribution in [0.4, 0.5) is 0 Å². The molecule has 9 aromatic rings. The molecule has 0 radical (unpaired) electrons. The summed E-state index contributed by atoms with van der Waals surface area (Å²) in [5.41, 5.74) is 4.56. The number of furan rings is 1. The minimum Gasteiger partial charge on any atom is -0.456 e. The van der Waals surface area contributed by atoms with Gasteiger partial charge in [-0.25, -0.2) is 9.98 Å². The fourth-order valence-corrected chi connectivity index (χ4v) is 7.10. The summed E-state index contributed by atoms with van der Waals surface area (Å²) in [6.45, 7) is 0. The predicted octanol–water partition coefficient (Wildman–Crippen LogP) is 10.1. The lowest BCUT2D eigenvalue weighted by Crippen LogP contribution is -2.33. The van der Waals surface area contributed by atoms with Gasteiger partial charge in [0.15, 0.2) is 5.84 Å². The number of benzene rings is 7. The average molecular weight is 603 g/mol. The normalized spacial score (nSPS) is 15.0. The molecule has 47 heavy (non-hydrogen) atoms. The monoisotopic (exact) mass is 602 g/mol. The minimum absolute atomic E-state index is 0.358. The van der Waals surface area contributed by atoms with Crippen LogP contribution in [0.25, 0.3) is 65.0 Å². The average Bonchev–Trinajstić information content (AvgIpc) is 3.53. The highest BCUT2D eigenvalue weighted by Crippen LogP contribution is 2.36. The maximum atomic E-state index is 6.21. The van der Waals surface area contributed by atoms with Crippen LogP contribution in [0.5, 0.6) is 0 Å². The van der Waals surface area contributed by atoms with Gasteiger partial charge in [-0.1, -0.05) is 109 Å². The Morgan fingerprint density at radius 1 is 0.553 bits per heavy atom. The van der Waals surface area contributed by atoms with Crippen LogP contribution in [0, 0.1) is 0 Å². The van der Waals surface area contributed by atoms with E-state index in [2.05, 4.69) is 126 Å². The third-order valence-electron chi connectivity index (χ3n) is 9.37. The largest absolute Gasteiger partial charge is 0.456 e. The number of rotatable bonds is 3. The van der Waals surface area contributed by atoms with Gasteiger partial charge in [-0.3, -0.25) is 4.98 Å². The lowest BCUT2D eigenvalue weighted by Gasteiger charge is -2.24. The van der Waals surface area contributed by atoms with Crippen LogP contribution in [0.3, 0.4) is 0 Å². The van der Waals surface area contributed by atoms with E-state index in [4.69, 9.17) is 14.4 Å². The predicted molar refractivity (Wildman–Crippen MR) is 193 cm³/mol. The summed E-state index contributed by atoms with van der Waals surface area (Å²) >= 11 is 0. The van der Waals surface area contributed by atoms with Gasteiger partial charge in [-0.15, -0.1) is 0 Å². The van der Waals surface area contributed by atoms with Crippen molar-refractivity contribution in [2.75, 3.05) is 0 Å². The van der Waals surface area contributed by atoms with Crippen molar-refractivity contribution in [3.05, 3.63) is 163 Å². The van der Waals surface area contributed by atoms with E-state index in [9.17, 15) is 0 Å². The molecule has 10 rings (SSSR count). The molecule has 0 saturated carbocycles. The van der Waals surface area contributed by atoms with Crippen molar-refractivity contribution in [3.63, 3.8) is 0 Å². The van der Waals surface area contributed by atoms with Gasteiger partial charge in [0.1, 0.15) is 23.2 Å². The first-order valence-corrected chi connectivity index (χ1v) is 15.8. The highest BCUT2D eigenvalue weighted by Gasteiger charge is 2.24. The molecule has 1 aliphatic heterocycles. The quantitative estimate of drug-likeness (QED) is 0.205. The summed E-state index contributed by atoms with van der Waals surface area (Å²) in [6, 6.07) is 47.0.